The van der Waals surface area contributed by atoms with E-state index in [-0.39, 0.29) is 0 Å². The Bertz CT molecular complexity index is 133. The maximum atomic E-state index is 7.23. The van der Waals surface area contributed by atoms with Crippen LogP contribution in [0.3, 0.4) is 0 Å². The molecule has 0 amide bonds. The molecule has 0 aliphatic heterocycles. The zero-order valence-corrected chi connectivity index (χ0v) is 8.90. The summed E-state index contributed by atoms with van der Waals surface area (Å²) in [5.74, 6) is 0. The number of rotatable bonds is 8. The topological polar surface area (TPSA) is 3.24 Å². The summed E-state index contributed by atoms with van der Waals surface area (Å²) >= 11 is 0. The first-order valence-electron chi connectivity index (χ1n) is 6.22. The first kappa shape index (κ1) is 6.67. The molecule has 0 aliphatic carbocycles. The average molecular weight is 179 g/mol. The third-order valence-electron chi connectivity index (χ3n) is 1.73. The van der Waals surface area contributed by atoms with Crippen LogP contribution in [-0.2, 0) is 0 Å². The van der Waals surface area contributed by atoms with Crippen LogP contribution in [0.4, 0.5) is 0 Å². The van der Waals surface area contributed by atoms with E-state index in [4.69, 9.17) is 3.70 Å². The molecule has 0 aromatic carbocycles. The first-order valence-corrected chi connectivity index (χ1v) is 5.42. The molecule has 0 aliphatic rings. The Hall–Kier alpha value is 0.177. The van der Waals surface area contributed by atoms with E-state index in [1.807, 2.05) is 0 Å². The Morgan fingerprint density at radius 2 is 1.82 bits per heavy atom. The second kappa shape index (κ2) is 8.28. The van der Waals surface area contributed by atoms with Crippen molar-refractivity contribution in [3.8, 4) is 0 Å². The highest BCUT2D eigenvalue weighted by molar-refractivity contribution is 6.08. The summed E-state index contributed by atoms with van der Waals surface area (Å²) < 4.78 is 21.7. The second-order valence-corrected chi connectivity index (χ2v) is 3.45. The molecular formula is C9H23NSi. The SMILES string of the molecule is [3H][Si]([3H])([3H])CCCN(CCC)CCC. The fraction of sp³-hybridized carbons (Fsp3) is 1.00. The van der Waals surface area contributed by atoms with Gasteiger partial charge in [0.05, 0.1) is 0 Å². The van der Waals surface area contributed by atoms with Crippen LogP contribution in [0.1, 0.15) is 33.1 Å². The Kier molecular flexibility index (Phi) is 5.02. The summed E-state index contributed by atoms with van der Waals surface area (Å²) in [5, 5.41) is 0. The van der Waals surface area contributed by atoms with Gasteiger partial charge in [0.1, 0.15) is 0 Å². The van der Waals surface area contributed by atoms with Gasteiger partial charge in [-0.2, -0.15) is 0 Å². The van der Waals surface area contributed by atoms with E-state index in [1.54, 1.807) is 0 Å². The molecule has 68 valence electrons. The lowest BCUT2D eigenvalue weighted by molar-refractivity contribution is 0.275. The van der Waals surface area contributed by atoms with Gasteiger partial charge in [0.15, 0.2) is 0 Å². The molecule has 0 atom stereocenters. The molecule has 0 N–H and O–H groups in total. The van der Waals surface area contributed by atoms with Gasteiger partial charge in [0.25, 0.3) is 0 Å². The van der Waals surface area contributed by atoms with Crippen molar-refractivity contribution in [2.75, 3.05) is 19.6 Å². The Morgan fingerprint density at radius 3 is 2.27 bits per heavy atom. The number of nitrogens with zero attached hydrogens (tertiary/aromatic N) is 1. The van der Waals surface area contributed by atoms with Crippen LogP contribution in [0.2, 0.25) is 6.04 Å². The molecule has 11 heavy (non-hydrogen) atoms. The van der Waals surface area contributed by atoms with Crippen LogP contribution in [0.5, 0.6) is 0 Å². The highest BCUT2D eigenvalue weighted by atomic mass is 28.1. The molecule has 0 heterocycles. The minimum absolute atomic E-state index is 0.483. The van der Waals surface area contributed by atoms with Crippen LogP contribution in [0.15, 0.2) is 0 Å². The number of hydrogen-bond acceptors (Lipinski definition) is 1. The Labute approximate surface area is 78.3 Å². The molecule has 2 heteroatoms. The molecule has 0 saturated carbocycles. The van der Waals surface area contributed by atoms with Gasteiger partial charge in [0, 0.05) is 13.7 Å². The van der Waals surface area contributed by atoms with Crippen LogP contribution in [0.25, 0.3) is 0 Å². The van der Waals surface area contributed by atoms with E-state index < -0.39 is 10.0 Å². The molecule has 0 rings (SSSR count). The fourth-order valence-corrected chi connectivity index (χ4v) is 1.43. The van der Waals surface area contributed by atoms with Crippen LogP contribution >= 0.6 is 0 Å². The smallest absolute Gasteiger partial charge is 0.00729 e. The van der Waals surface area contributed by atoms with E-state index in [0.29, 0.717) is 6.04 Å². The minimum atomic E-state index is -3.05. The summed E-state index contributed by atoms with van der Waals surface area (Å²) in [6.07, 6.45) is 3.17. The molecule has 0 radical (unpaired) electrons. The van der Waals surface area contributed by atoms with E-state index in [1.165, 1.54) is 0 Å². The van der Waals surface area contributed by atoms with Gasteiger partial charge in [-0.05, 0) is 38.9 Å². The van der Waals surface area contributed by atoms with Crippen LogP contribution in [0, 0.1) is 0 Å². The molecule has 0 aromatic heterocycles. The lowest BCUT2D eigenvalue weighted by atomic mass is 10.3. The van der Waals surface area contributed by atoms with Crippen molar-refractivity contribution in [3.63, 3.8) is 0 Å². The maximum Gasteiger partial charge on any atom is 0.00729 e. The predicted octanol–water partition coefficient (Wildman–Crippen LogP) is 1.28. The van der Waals surface area contributed by atoms with Crippen molar-refractivity contribution in [3.05, 3.63) is 0 Å². The number of hydrogen-bond donors (Lipinski definition) is 0. The summed E-state index contributed by atoms with van der Waals surface area (Å²) in [4.78, 5) is 2.38. The van der Waals surface area contributed by atoms with E-state index in [9.17, 15) is 0 Å². The minimum Gasteiger partial charge on any atom is -0.303 e. The Balaban J connectivity index is 3.60. The van der Waals surface area contributed by atoms with E-state index in [2.05, 4.69) is 18.7 Å². The fourth-order valence-electron chi connectivity index (χ4n) is 1.27. The predicted molar refractivity (Wildman–Crippen MR) is 56.4 cm³/mol. The van der Waals surface area contributed by atoms with Crippen molar-refractivity contribution in [1.29, 1.82) is 3.70 Å². The Morgan fingerprint density at radius 1 is 1.18 bits per heavy atom. The van der Waals surface area contributed by atoms with Gasteiger partial charge >= 0.3 is 0 Å². The van der Waals surface area contributed by atoms with Gasteiger partial charge in [-0.15, -0.1) is 0 Å². The summed E-state index contributed by atoms with van der Waals surface area (Å²) in [7, 11) is -3.05. The average Bonchev–Trinajstić information content (AvgIpc) is 2.02. The normalized spacial score (nSPS) is 16.1. The van der Waals surface area contributed by atoms with Crippen molar-refractivity contribution in [2.24, 2.45) is 0 Å². The first-order chi connectivity index (χ1) is 6.49. The van der Waals surface area contributed by atoms with Gasteiger partial charge in [-0.25, -0.2) is 0 Å². The molecule has 0 aromatic rings. The van der Waals surface area contributed by atoms with Crippen LogP contribution in [-0.4, -0.2) is 38.3 Å². The van der Waals surface area contributed by atoms with Gasteiger partial charge < -0.3 is 4.90 Å². The summed E-state index contributed by atoms with van der Waals surface area (Å²) in [6, 6.07) is 0.483. The monoisotopic (exact) mass is 179 g/mol. The third kappa shape index (κ3) is 6.57. The van der Waals surface area contributed by atoms with Crippen molar-refractivity contribution in [1.82, 2.24) is 4.90 Å². The molecular weight excluding hydrogens is 150 g/mol. The van der Waals surface area contributed by atoms with E-state index in [0.717, 1.165) is 38.9 Å². The highest BCUT2D eigenvalue weighted by Crippen LogP contribution is 1.97. The van der Waals surface area contributed by atoms with Crippen molar-refractivity contribution >= 4 is 10.0 Å². The second-order valence-electron chi connectivity index (χ2n) is 2.95. The maximum absolute atomic E-state index is 7.23. The molecule has 0 saturated heterocycles. The van der Waals surface area contributed by atoms with Crippen LogP contribution < -0.4 is 0 Å². The lowest BCUT2D eigenvalue weighted by Gasteiger charge is -2.20. The summed E-state index contributed by atoms with van der Waals surface area (Å²) in [6.45, 7) is 7.52. The molecule has 1 nitrogen and oxygen atoms in total. The van der Waals surface area contributed by atoms with Gasteiger partial charge in [0.2, 0.25) is 0 Å². The third-order valence-corrected chi connectivity index (χ3v) is 2.08. The highest BCUT2D eigenvalue weighted by Gasteiger charge is 1.99. The van der Waals surface area contributed by atoms with Gasteiger partial charge in [-0.1, -0.05) is 19.9 Å². The zero-order valence-electron chi connectivity index (χ0n) is 10.9. The van der Waals surface area contributed by atoms with Gasteiger partial charge in [-0.3, -0.25) is 0 Å². The van der Waals surface area contributed by atoms with Crippen molar-refractivity contribution < 1.29 is 0 Å². The lowest BCUT2D eigenvalue weighted by Crippen LogP contribution is -2.26. The molecule has 0 unspecified atom stereocenters. The molecule has 0 spiro atoms. The standard InChI is InChI=1S/C9H23NSi/c1-3-6-10(7-4-2)8-5-9-11/h3-9H2,1-2,11H3/i11T3. The molecule has 0 fully saturated rings. The summed E-state index contributed by atoms with van der Waals surface area (Å²) in [5.41, 5.74) is 0. The zero-order chi connectivity index (χ0) is 11.0. The van der Waals surface area contributed by atoms with E-state index >= 15 is 0 Å². The molecule has 0 bridgehead atoms. The largest absolute Gasteiger partial charge is 0.303 e. The van der Waals surface area contributed by atoms with Crippen molar-refractivity contribution in [2.45, 2.75) is 39.2 Å². The quantitative estimate of drug-likeness (QED) is 0.508.